The van der Waals surface area contributed by atoms with Gasteiger partial charge in [0, 0.05) is 19.1 Å². The molecule has 1 aromatic rings. The Morgan fingerprint density at radius 3 is 2.11 bits per heavy atom. The maximum absolute atomic E-state index is 9.08. The number of aliphatic hydroxyl groups is 2. The molecule has 18 heavy (non-hydrogen) atoms. The van der Waals surface area contributed by atoms with E-state index in [2.05, 4.69) is 26.0 Å². The van der Waals surface area contributed by atoms with Gasteiger partial charge in [-0.25, -0.2) is 0 Å². The summed E-state index contributed by atoms with van der Waals surface area (Å²) in [6, 6.07) is 4.11. The molecule has 3 heteroatoms. The second-order valence-corrected chi connectivity index (χ2v) is 4.74. The van der Waals surface area contributed by atoms with E-state index in [-0.39, 0.29) is 19.1 Å². The van der Waals surface area contributed by atoms with Gasteiger partial charge in [0.05, 0.1) is 6.61 Å². The smallest absolute Gasteiger partial charge is 0.119 e. The van der Waals surface area contributed by atoms with Gasteiger partial charge in [0.1, 0.15) is 5.75 Å². The van der Waals surface area contributed by atoms with Crippen LogP contribution in [0.4, 0.5) is 0 Å². The molecule has 0 aromatic heterocycles. The fourth-order valence-corrected chi connectivity index (χ4v) is 2.19. The molecule has 0 fully saturated rings. The monoisotopic (exact) mass is 252 g/mol. The molecule has 0 saturated carbocycles. The van der Waals surface area contributed by atoms with Crippen molar-refractivity contribution in [2.75, 3.05) is 19.8 Å². The predicted molar refractivity (Wildman–Crippen MR) is 73.1 cm³/mol. The van der Waals surface area contributed by atoms with E-state index in [9.17, 15) is 0 Å². The van der Waals surface area contributed by atoms with Crippen LogP contribution in [0.15, 0.2) is 12.1 Å². The quantitative estimate of drug-likeness (QED) is 0.782. The van der Waals surface area contributed by atoms with E-state index < -0.39 is 0 Å². The number of aliphatic hydroxyl groups excluding tert-OH is 2. The summed E-state index contributed by atoms with van der Waals surface area (Å²) in [6.07, 6.45) is 1.69. The molecule has 0 aliphatic rings. The first-order valence-electron chi connectivity index (χ1n) is 6.57. The molecule has 1 aromatic carbocycles. The van der Waals surface area contributed by atoms with E-state index in [1.54, 1.807) is 0 Å². The predicted octanol–water partition coefficient (Wildman–Crippen LogP) is 2.24. The lowest BCUT2D eigenvalue weighted by atomic mass is 9.94. The molecule has 1 rings (SSSR count). The van der Waals surface area contributed by atoms with Crippen LogP contribution in [0.25, 0.3) is 0 Å². The third kappa shape index (κ3) is 4.00. The van der Waals surface area contributed by atoms with Crippen molar-refractivity contribution in [2.45, 2.75) is 33.6 Å². The molecular weight excluding hydrogens is 228 g/mol. The number of hydrogen-bond acceptors (Lipinski definition) is 3. The van der Waals surface area contributed by atoms with Crippen LogP contribution < -0.4 is 4.74 Å². The highest BCUT2D eigenvalue weighted by atomic mass is 16.5. The highest BCUT2D eigenvalue weighted by molar-refractivity contribution is 5.41. The number of hydrogen-bond donors (Lipinski definition) is 2. The fraction of sp³-hybridized carbons (Fsp3) is 0.600. The van der Waals surface area contributed by atoms with E-state index in [0.29, 0.717) is 6.61 Å². The fourth-order valence-electron chi connectivity index (χ4n) is 2.19. The van der Waals surface area contributed by atoms with E-state index >= 15 is 0 Å². The normalized spacial score (nSPS) is 11.0. The van der Waals surface area contributed by atoms with Crippen LogP contribution in [-0.2, 0) is 6.42 Å². The van der Waals surface area contributed by atoms with E-state index in [4.69, 9.17) is 14.9 Å². The minimum Gasteiger partial charge on any atom is -0.494 e. The first-order valence-corrected chi connectivity index (χ1v) is 6.57. The summed E-state index contributed by atoms with van der Waals surface area (Å²) in [7, 11) is 0. The Balaban J connectivity index is 2.77. The second-order valence-electron chi connectivity index (χ2n) is 4.74. The number of benzene rings is 1. The topological polar surface area (TPSA) is 49.7 Å². The third-order valence-electron chi connectivity index (χ3n) is 3.30. The zero-order chi connectivity index (χ0) is 13.5. The Hall–Kier alpha value is -1.06. The summed E-state index contributed by atoms with van der Waals surface area (Å²) in [6.45, 7) is 6.91. The molecule has 0 radical (unpaired) electrons. The Morgan fingerprint density at radius 2 is 1.67 bits per heavy atom. The molecule has 0 heterocycles. The van der Waals surface area contributed by atoms with Crippen LogP contribution in [0.3, 0.4) is 0 Å². The Labute approximate surface area is 109 Å². The lowest BCUT2D eigenvalue weighted by Gasteiger charge is -2.15. The number of rotatable bonds is 7. The molecule has 3 nitrogen and oxygen atoms in total. The van der Waals surface area contributed by atoms with Crippen molar-refractivity contribution in [3.63, 3.8) is 0 Å². The van der Waals surface area contributed by atoms with Gasteiger partial charge in [-0.3, -0.25) is 0 Å². The van der Waals surface area contributed by atoms with Gasteiger partial charge in [-0.15, -0.1) is 0 Å². The summed E-state index contributed by atoms with van der Waals surface area (Å²) in [5.41, 5.74) is 3.73. The summed E-state index contributed by atoms with van der Waals surface area (Å²) in [5, 5.41) is 18.2. The maximum Gasteiger partial charge on any atom is 0.119 e. The van der Waals surface area contributed by atoms with E-state index in [1.165, 1.54) is 16.7 Å². The first kappa shape index (κ1) is 15.0. The van der Waals surface area contributed by atoms with E-state index in [1.807, 2.05) is 6.92 Å². The zero-order valence-corrected chi connectivity index (χ0v) is 11.6. The molecular formula is C15H24O3. The van der Waals surface area contributed by atoms with Gasteiger partial charge in [0.2, 0.25) is 0 Å². The van der Waals surface area contributed by atoms with E-state index in [0.717, 1.165) is 18.6 Å². The highest BCUT2D eigenvalue weighted by Gasteiger charge is 2.10. The van der Waals surface area contributed by atoms with Crippen molar-refractivity contribution in [1.82, 2.24) is 0 Å². The van der Waals surface area contributed by atoms with Crippen LogP contribution in [0.1, 0.15) is 30.0 Å². The second kappa shape index (κ2) is 7.39. The minimum absolute atomic E-state index is 0.0182. The van der Waals surface area contributed by atoms with Gasteiger partial charge in [0.25, 0.3) is 0 Å². The first-order chi connectivity index (χ1) is 8.62. The average molecular weight is 252 g/mol. The van der Waals surface area contributed by atoms with Crippen molar-refractivity contribution in [3.8, 4) is 5.75 Å². The summed E-state index contributed by atoms with van der Waals surface area (Å²) in [5.74, 6) is 0.896. The Kier molecular flexibility index (Phi) is 6.16. The van der Waals surface area contributed by atoms with Crippen molar-refractivity contribution in [2.24, 2.45) is 5.92 Å². The number of aryl methyl sites for hydroxylation is 2. The minimum atomic E-state index is -0.0182. The van der Waals surface area contributed by atoms with Crippen LogP contribution in [0.5, 0.6) is 5.75 Å². The molecule has 0 spiro atoms. The highest BCUT2D eigenvalue weighted by Crippen LogP contribution is 2.24. The van der Waals surface area contributed by atoms with Crippen molar-refractivity contribution >= 4 is 0 Å². The van der Waals surface area contributed by atoms with Gasteiger partial charge in [-0.2, -0.15) is 0 Å². The number of ether oxygens (including phenoxy) is 1. The van der Waals surface area contributed by atoms with Crippen LogP contribution in [0.2, 0.25) is 0 Å². The average Bonchev–Trinajstić information content (AvgIpc) is 2.33. The maximum atomic E-state index is 9.08. The lowest BCUT2D eigenvalue weighted by Crippen LogP contribution is -2.12. The summed E-state index contributed by atoms with van der Waals surface area (Å²) in [4.78, 5) is 0. The van der Waals surface area contributed by atoms with Gasteiger partial charge in [-0.05, 0) is 62.4 Å². The molecule has 0 atom stereocenters. The van der Waals surface area contributed by atoms with Crippen LogP contribution in [0, 0.1) is 19.8 Å². The molecule has 0 bridgehead atoms. The third-order valence-corrected chi connectivity index (χ3v) is 3.30. The summed E-state index contributed by atoms with van der Waals surface area (Å²) >= 11 is 0. The lowest BCUT2D eigenvalue weighted by molar-refractivity contribution is 0.144. The van der Waals surface area contributed by atoms with Gasteiger partial charge in [0.15, 0.2) is 0 Å². The molecule has 0 unspecified atom stereocenters. The summed E-state index contributed by atoms with van der Waals surface area (Å²) < 4.78 is 5.51. The SMILES string of the molecule is CCOc1cc(C)c(CCC(CO)CO)c(C)c1. The Morgan fingerprint density at radius 1 is 1.11 bits per heavy atom. The van der Waals surface area contributed by atoms with Crippen molar-refractivity contribution in [3.05, 3.63) is 28.8 Å². The van der Waals surface area contributed by atoms with Gasteiger partial charge >= 0.3 is 0 Å². The van der Waals surface area contributed by atoms with Crippen LogP contribution >= 0.6 is 0 Å². The molecule has 0 amide bonds. The van der Waals surface area contributed by atoms with Crippen molar-refractivity contribution < 1.29 is 14.9 Å². The largest absolute Gasteiger partial charge is 0.494 e. The molecule has 0 aliphatic heterocycles. The van der Waals surface area contributed by atoms with Gasteiger partial charge < -0.3 is 14.9 Å². The van der Waals surface area contributed by atoms with Crippen LogP contribution in [-0.4, -0.2) is 30.0 Å². The molecule has 102 valence electrons. The molecule has 2 N–H and O–H groups in total. The van der Waals surface area contributed by atoms with Gasteiger partial charge in [-0.1, -0.05) is 0 Å². The van der Waals surface area contributed by atoms with Crippen molar-refractivity contribution in [1.29, 1.82) is 0 Å². The zero-order valence-electron chi connectivity index (χ0n) is 11.6. The Bertz CT molecular complexity index is 347. The molecule has 0 saturated heterocycles. The standard InChI is InChI=1S/C15H24O3/c1-4-18-14-7-11(2)15(12(3)8-14)6-5-13(9-16)10-17/h7-8,13,16-17H,4-6,9-10H2,1-3H3. The molecule has 0 aliphatic carbocycles.